The number of aryl methyl sites for hydroxylation is 2. The van der Waals surface area contributed by atoms with Gasteiger partial charge < -0.3 is 4.57 Å². The first-order valence-corrected chi connectivity index (χ1v) is 11.1. The monoisotopic (exact) mass is 420 g/mol. The zero-order valence-electron chi connectivity index (χ0n) is 18.8. The highest BCUT2D eigenvalue weighted by Gasteiger charge is 2.13. The lowest BCUT2D eigenvalue weighted by Gasteiger charge is -2.19. The van der Waals surface area contributed by atoms with Crippen molar-refractivity contribution < 1.29 is 0 Å². The topological polar surface area (TPSA) is 33.1 Å². The lowest BCUT2D eigenvalue weighted by Crippen LogP contribution is -2.33. The molecule has 1 N–H and O–H groups in total. The van der Waals surface area contributed by atoms with Crippen LogP contribution >= 0.6 is 0 Å². The molecule has 160 valence electrons. The smallest absolute Gasteiger partial charge is 0.0999 e. The number of hydrogen-bond acceptors (Lipinski definition) is 3. The zero-order valence-corrected chi connectivity index (χ0v) is 18.8. The van der Waals surface area contributed by atoms with Crippen LogP contribution < -0.4 is 10.4 Å². The number of hydrogen-bond donors (Lipinski definition) is 1. The summed E-state index contributed by atoms with van der Waals surface area (Å²) in [5.74, 6) is 0. The number of nitrogens with one attached hydrogen (secondary N) is 1. The van der Waals surface area contributed by atoms with Crippen molar-refractivity contribution in [2.45, 2.75) is 33.2 Å². The number of imidazole rings is 1. The van der Waals surface area contributed by atoms with Crippen LogP contribution in [0.15, 0.2) is 91.5 Å². The van der Waals surface area contributed by atoms with Crippen molar-refractivity contribution in [2.24, 2.45) is 0 Å². The minimum atomic E-state index is 0.360. The van der Waals surface area contributed by atoms with Crippen molar-refractivity contribution in [1.82, 2.24) is 15.0 Å². The Bertz CT molecular complexity index is 1260. The number of nitrogens with zero attached hydrogens (tertiary/aromatic N) is 3. The maximum Gasteiger partial charge on any atom is 0.0999 e. The molecule has 0 fully saturated rings. The van der Waals surface area contributed by atoms with Crippen molar-refractivity contribution in [2.75, 3.05) is 5.01 Å². The van der Waals surface area contributed by atoms with Crippen LogP contribution in [0.1, 0.15) is 29.2 Å². The molecule has 32 heavy (non-hydrogen) atoms. The SMILES string of the molecule is Cc1cccc(C)c1-n1cnc(-c2cccc(Cc3cccc(N4C=CC(C)N4)c3)c2)c1. The van der Waals surface area contributed by atoms with Gasteiger partial charge in [-0.15, -0.1) is 0 Å². The van der Waals surface area contributed by atoms with Crippen molar-refractivity contribution in [3.63, 3.8) is 0 Å². The maximum atomic E-state index is 4.71. The number of para-hydroxylation sites is 1. The Labute approximate surface area is 189 Å². The Morgan fingerprint density at radius 1 is 0.906 bits per heavy atom. The van der Waals surface area contributed by atoms with Crippen LogP contribution in [0.25, 0.3) is 16.9 Å². The number of rotatable bonds is 5. The average Bonchev–Trinajstić information content (AvgIpc) is 3.44. The van der Waals surface area contributed by atoms with Crippen molar-refractivity contribution in [1.29, 1.82) is 0 Å². The molecule has 4 aromatic rings. The highest BCUT2D eigenvalue weighted by molar-refractivity contribution is 5.61. The standard InChI is InChI=1S/C28H28N4/c1-20-7-4-8-21(2)28(20)31-18-27(29-19-31)25-11-5-9-23(16-25)15-24-10-6-12-26(17-24)32-14-13-22(3)30-32/h4-14,16-19,22,30H,15H2,1-3H3. The Hall–Kier alpha value is -3.63. The van der Waals surface area contributed by atoms with Gasteiger partial charge in [-0.2, -0.15) is 0 Å². The van der Waals surface area contributed by atoms with Crippen LogP contribution in [0.3, 0.4) is 0 Å². The molecule has 0 saturated carbocycles. The molecule has 0 aliphatic carbocycles. The second-order valence-electron chi connectivity index (χ2n) is 8.58. The van der Waals surface area contributed by atoms with Crippen LogP contribution in [-0.4, -0.2) is 15.6 Å². The van der Waals surface area contributed by atoms with Crippen molar-refractivity contribution in [3.8, 4) is 16.9 Å². The minimum Gasteiger partial charge on any atom is -0.305 e. The number of benzene rings is 3. The lowest BCUT2D eigenvalue weighted by atomic mass is 10.0. The van der Waals surface area contributed by atoms with Gasteiger partial charge in [0.15, 0.2) is 0 Å². The molecule has 1 unspecified atom stereocenters. The van der Waals surface area contributed by atoms with Crippen molar-refractivity contribution in [3.05, 3.63) is 114 Å². The third kappa shape index (κ3) is 4.10. The minimum absolute atomic E-state index is 0.360. The molecule has 1 aliphatic rings. The van der Waals surface area contributed by atoms with E-state index in [0.717, 1.165) is 23.4 Å². The van der Waals surface area contributed by atoms with Crippen LogP contribution in [0, 0.1) is 13.8 Å². The molecular formula is C28H28N4. The third-order valence-corrected chi connectivity index (χ3v) is 5.97. The first kappa shape index (κ1) is 20.3. The van der Waals surface area contributed by atoms with E-state index in [1.165, 1.54) is 27.9 Å². The average molecular weight is 421 g/mol. The van der Waals surface area contributed by atoms with E-state index >= 15 is 0 Å². The number of hydrazine groups is 1. The molecule has 0 saturated heterocycles. The molecule has 1 atom stereocenters. The summed E-state index contributed by atoms with van der Waals surface area (Å²) in [5, 5.41) is 2.09. The molecule has 4 nitrogen and oxygen atoms in total. The quantitative estimate of drug-likeness (QED) is 0.431. The summed E-state index contributed by atoms with van der Waals surface area (Å²) in [6, 6.07) is 24.1. The first-order valence-electron chi connectivity index (χ1n) is 11.1. The zero-order chi connectivity index (χ0) is 22.1. The van der Waals surface area contributed by atoms with Gasteiger partial charge in [-0.3, -0.25) is 5.01 Å². The van der Waals surface area contributed by atoms with E-state index in [2.05, 4.69) is 121 Å². The summed E-state index contributed by atoms with van der Waals surface area (Å²) in [7, 11) is 0. The fourth-order valence-electron chi connectivity index (χ4n) is 4.38. The molecule has 0 bridgehead atoms. The second kappa shape index (κ2) is 8.48. The van der Waals surface area contributed by atoms with Crippen LogP contribution in [-0.2, 0) is 6.42 Å². The van der Waals surface area contributed by atoms with E-state index in [0.29, 0.717) is 6.04 Å². The molecule has 0 radical (unpaired) electrons. The highest BCUT2D eigenvalue weighted by atomic mass is 15.5. The van der Waals surface area contributed by atoms with E-state index in [4.69, 9.17) is 4.98 Å². The largest absolute Gasteiger partial charge is 0.305 e. The van der Waals surface area contributed by atoms with Gasteiger partial charge in [0.05, 0.1) is 23.4 Å². The summed E-state index contributed by atoms with van der Waals surface area (Å²) in [6.07, 6.45) is 9.18. The second-order valence-corrected chi connectivity index (χ2v) is 8.58. The Morgan fingerprint density at radius 2 is 1.62 bits per heavy atom. The van der Waals surface area contributed by atoms with E-state index in [1.807, 2.05) is 6.33 Å². The summed E-state index contributed by atoms with van der Waals surface area (Å²) in [6.45, 7) is 6.43. The molecule has 5 rings (SSSR count). The van der Waals surface area contributed by atoms with E-state index in [1.54, 1.807) is 0 Å². The van der Waals surface area contributed by atoms with Gasteiger partial charge in [-0.05, 0) is 73.7 Å². The van der Waals surface area contributed by atoms with Gasteiger partial charge in [0.1, 0.15) is 0 Å². The van der Waals surface area contributed by atoms with E-state index < -0.39 is 0 Å². The molecule has 1 aromatic heterocycles. The molecule has 0 spiro atoms. The molecule has 3 aromatic carbocycles. The van der Waals surface area contributed by atoms with Gasteiger partial charge in [0.2, 0.25) is 0 Å². The van der Waals surface area contributed by atoms with Gasteiger partial charge >= 0.3 is 0 Å². The summed E-state index contributed by atoms with van der Waals surface area (Å²) in [5.41, 5.74) is 13.0. The van der Waals surface area contributed by atoms with Gasteiger partial charge in [0, 0.05) is 24.0 Å². The molecular weight excluding hydrogens is 392 g/mol. The van der Waals surface area contributed by atoms with Crippen LogP contribution in [0.4, 0.5) is 5.69 Å². The van der Waals surface area contributed by atoms with Crippen LogP contribution in [0.5, 0.6) is 0 Å². The summed E-state index contributed by atoms with van der Waals surface area (Å²) in [4.78, 5) is 4.71. The molecule has 4 heteroatoms. The first-order chi connectivity index (χ1) is 15.6. The maximum absolute atomic E-state index is 4.71. The number of anilines is 1. The molecule has 0 amide bonds. The van der Waals surface area contributed by atoms with E-state index in [9.17, 15) is 0 Å². The molecule has 2 heterocycles. The lowest BCUT2D eigenvalue weighted by molar-refractivity contribution is 0.683. The van der Waals surface area contributed by atoms with E-state index in [-0.39, 0.29) is 0 Å². The van der Waals surface area contributed by atoms with Crippen LogP contribution in [0.2, 0.25) is 0 Å². The van der Waals surface area contributed by atoms with Gasteiger partial charge in [-0.25, -0.2) is 10.4 Å². The molecule has 1 aliphatic heterocycles. The normalized spacial score (nSPS) is 15.5. The number of aromatic nitrogens is 2. The third-order valence-electron chi connectivity index (χ3n) is 5.97. The Morgan fingerprint density at radius 3 is 2.38 bits per heavy atom. The predicted molar refractivity (Wildman–Crippen MR) is 132 cm³/mol. The van der Waals surface area contributed by atoms with Gasteiger partial charge in [-0.1, -0.05) is 48.5 Å². The summed E-state index contributed by atoms with van der Waals surface area (Å²) >= 11 is 0. The summed E-state index contributed by atoms with van der Waals surface area (Å²) < 4.78 is 2.13. The fourth-order valence-corrected chi connectivity index (χ4v) is 4.38. The predicted octanol–water partition coefficient (Wildman–Crippen LogP) is 5.97. The fraction of sp³-hybridized carbons (Fsp3) is 0.179. The van der Waals surface area contributed by atoms with Crippen molar-refractivity contribution >= 4 is 5.69 Å². The Balaban J connectivity index is 1.38. The highest BCUT2D eigenvalue weighted by Crippen LogP contribution is 2.25. The Kier molecular flexibility index (Phi) is 5.38. The van der Waals surface area contributed by atoms with Gasteiger partial charge in [0.25, 0.3) is 0 Å².